The number of hydrogen-bond donors (Lipinski definition) is 2. The third-order valence-electron chi connectivity index (χ3n) is 5.71. The van der Waals surface area contributed by atoms with E-state index in [1.165, 1.54) is 5.56 Å². The van der Waals surface area contributed by atoms with Gasteiger partial charge in [0.25, 0.3) is 0 Å². The third-order valence-corrected chi connectivity index (χ3v) is 5.71. The SMILES string of the molecule is CCNC(=NCc1cccnc1OCCOC)NC1CCN(Cc2ccccc2)C(C)C1. The Morgan fingerprint density at radius 2 is 2.03 bits per heavy atom. The van der Waals surface area contributed by atoms with Crippen LogP contribution in [0.4, 0.5) is 0 Å². The van der Waals surface area contributed by atoms with E-state index in [0.29, 0.717) is 37.7 Å². The van der Waals surface area contributed by atoms with E-state index in [4.69, 9.17) is 14.5 Å². The number of pyridine rings is 1. The van der Waals surface area contributed by atoms with Crippen molar-refractivity contribution in [1.82, 2.24) is 20.5 Å². The molecule has 0 aliphatic carbocycles. The number of piperidine rings is 1. The molecule has 1 aromatic heterocycles. The van der Waals surface area contributed by atoms with Crippen LogP contribution in [0.15, 0.2) is 53.7 Å². The molecule has 1 aliphatic heterocycles. The summed E-state index contributed by atoms with van der Waals surface area (Å²) in [4.78, 5) is 11.7. The van der Waals surface area contributed by atoms with E-state index in [1.54, 1.807) is 13.3 Å². The normalized spacial score (nSPS) is 19.5. The minimum atomic E-state index is 0.404. The molecule has 0 saturated carbocycles. The van der Waals surface area contributed by atoms with E-state index in [1.807, 2.05) is 12.1 Å². The van der Waals surface area contributed by atoms with Gasteiger partial charge in [0, 0.05) is 50.6 Å². The number of benzene rings is 1. The number of rotatable bonds is 10. The summed E-state index contributed by atoms with van der Waals surface area (Å²) in [5, 5.41) is 7.03. The first kappa shape index (κ1) is 24.0. The summed E-state index contributed by atoms with van der Waals surface area (Å²) >= 11 is 0. The van der Waals surface area contributed by atoms with Crippen LogP contribution in [0.2, 0.25) is 0 Å². The molecule has 2 N–H and O–H groups in total. The van der Waals surface area contributed by atoms with Gasteiger partial charge in [-0.1, -0.05) is 36.4 Å². The number of methoxy groups -OCH3 is 1. The van der Waals surface area contributed by atoms with Gasteiger partial charge in [-0.3, -0.25) is 4.90 Å². The first-order valence-corrected chi connectivity index (χ1v) is 11.6. The van der Waals surface area contributed by atoms with Gasteiger partial charge in [-0.25, -0.2) is 9.98 Å². The van der Waals surface area contributed by atoms with Crippen molar-refractivity contribution in [3.8, 4) is 5.88 Å². The lowest BCUT2D eigenvalue weighted by Crippen LogP contribution is -2.51. The molecular weight excluding hydrogens is 402 g/mol. The lowest BCUT2D eigenvalue weighted by Gasteiger charge is -2.38. The monoisotopic (exact) mass is 439 g/mol. The fourth-order valence-corrected chi connectivity index (χ4v) is 3.98. The van der Waals surface area contributed by atoms with Gasteiger partial charge in [0.05, 0.1) is 13.2 Å². The van der Waals surface area contributed by atoms with Crippen molar-refractivity contribution >= 4 is 5.96 Å². The van der Waals surface area contributed by atoms with Crippen LogP contribution >= 0.6 is 0 Å². The molecule has 0 radical (unpaired) electrons. The molecule has 2 heterocycles. The second-order valence-corrected chi connectivity index (χ2v) is 8.17. The molecule has 3 rings (SSSR count). The molecule has 0 bridgehead atoms. The molecule has 1 aliphatic rings. The lowest BCUT2D eigenvalue weighted by atomic mass is 9.97. The number of hydrogen-bond acceptors (Lipinski definition) is 5. The van der Waals surface area contributed by atoms with Crippen molar-refractivity contribution in [2.24, 2.45) is 4.99 Å². The quantitative estimate of drug-likeness (QED) is 0.337. The van der Waals surface area contributed by atoms with E-state index < -0.39 is 0 Å². The predicted octanol–water partition coefficient (Wildman–Crippen LogP) is 3.22. The number of guanidine groups is 1. The smallest absolute Gasteiger partial charge is 0.218 e. The molecule has 7 nitrogen and oxygen atoms in total. The third kappa shape index (κ3) is 7.50. The molecule has 2 atom stereocenters. The van der Waals surface area contributed by atoms with E-state index in [9.17, 15) is 0 Å². The zero-order valence-corrected chi connectivity index (χ0v) is 19.6. The second kappa shape index (κ2) is 13.0. The Bertz CT molecular complexity index is 830. The maximum atomic E-state index is 5.74. The summed E-state index contributed by atoms with van der Waals surface area (Å²) in [5.41, 5.74) is 2.34. The van der Waals surface area contributed by atoms with Crippen LogP contribution in [0.5, 0.6) is 5.88 Å². The molecule has 0 amide bonds. The molecule has 2 aromatic rings. The Hall–Kier alpha value is -2.64. The summed E-state index contributed by atoms with van der Waals surface area (Å²) < 4.78 is 10.8. The van der Waals surface area contributed by atoms with Crippen LogP contribution < -0.4 is 15.4 Å². The van der Waals surface area contributed by atoms with Crippen molar-refractivity contribution in [2.45, 2.75) is 51.9 Å². The van der Waals surface area contributed by atoms with Crippen LogP contribution in [0.25, 0.3) is 0 Å². The minimum Gasteiger partial charge on any atom is -0.475 e. The summed E-state index contributed by atoms with van der Waals surface area (Å²) in [6.45, 7) is 8.83. The van der Waals surface area contributed by atoms with Gasteiger partial charge in [0.15, 0.2) is 5.96 Å². The van der Waals surface area contributed by atoms with Gasteiger partial charge in [-0.05, 0) is 38.3 Å². The molecule has 0 spiro atoms. The van der Waals surface area contributed by atoms with Crippen molar-refractivity contribution in [3.63, 3.8) is 0 Å². The number of nitrogens with zero attached hydrogens (tertiary/aromatic N) is 3. The Morgan fingerprint density at radius 3 is 2.78 bits per heavy atom. The average molecular weight is 440 g/mol. The standard InChI is InChI=1S/C25H37N5O2/c1-4-26-25(28-18-22-11-8-13-27-24(22)32-16-15-31-3)29-23-12-14-30(20(2)17-23)19-21-9-6-5-7-10-21/h5-11,13,20,23H,4,12,14-19H2,1-3H3,(H2,26,28,29). The van der Waals surface area contributed by atoms with Crippen LogP contribution in [0, 0.1) is 0 Å². The highest BCUT2D eigenvalue weighted by Crippen LogP contribution is 2.20. The fourth-order valence-electron chi connectivity index (χ4n) is 3.98. The zero-order chi connectivity index (χ0) is 22.6. The highest BCUT2D eigenvalue weighted by Gasteiger charge is 2.26. The predicted molar refractivity (Wildman–Crippen MR) is 129 cm³/mol. The number of aromatic nitrogens is 1. The van der Waals surface area contributed by atoms with Crippen LogP contribution in [-0.4, -0.2) is 61.3 Å². The first-order chi connectivity index (χ1) is 15.7. The Balaban J connectivity index is 1.56. The highest BCUT2D eigenvalue weighted by atomic mass is 16.5. The molecule has 1 saturated heterocycles. The molecule has 32 heavy (non-hydrogen) atoms. The fraction of sp³-hybridized carbons (Fsp3) is 0.520. The largest absolute Gasteiger partial charge is 0.475 e. The van der Waals surface area contributed by atoms with E-state index in [0.717, 1.165) is 44.0 Å². The maximum absolute atomic E-state index is 5.74. The summed E-state index contributed by atoms with van der Waals surface area (Å²) in [7, 11) is 1.66. The molecule has 2 unspecified atom stereocenters. The minimum absolute atomic E-state index is 0.404. The van der Waals surface area contributed by atoms with Gasteiger partial charge in [0.2, 0.25) is 5.88 Å². The molecule has 7 heteroatoms. The van der Waals surface area contributed by atoms with Crippen molar-refractivity contribution < 1.29 is 9.47 Å². The maximum Gasteiger partial charge on any atom is 0.218 e. The number of nitrogens with one attached hydrogen (secondary N) is 2. The van der Waals surface area contributed by atoms with Crippen LogP contribution in [-0.2, 0) is 17.8 Å². The number of ether oxygens (including phenoxy) is 2. The number of aliphatic imine (C=N–C) groups is 1. The van der Waals surface area contributed by atoms with E-state index >= 15 is 0 Å². The zero-order valence-electron chi connectivity index (χ0n) is 19.6. The Morgan fingerprint density at radius 1 is 1.19 bits per heavy atom. The van der Waals surface area contributed by atoms with Crippen molar-refractivity contribution in [2.75, 3.05) is 33.4 Å². The molecule has 1 aromatic carbocycles. The first-order valence-electron chi connectivity index (χ1n) is 11.6. The lowest BCUT2D eigenvalue weighted by molar-refractivity contribution is 0.134. The summed E-state index contributed by atoms with van der Waals surface area (Å²) in [6.07, 6.45) is 3.93. The highest BCUT2D eigenvalue weighted by molar-refractivity contribution is 5.80. The Kier molecular flexibility index (Phi) is 9.78. The van der Waals surface area contributed by atoms with Gasteiger partial charge >= 0.3 is 0 Å². The van der Waals surface area contributed by atoms with Gasteiger partial charge < -0.3 is 20.1 Å². The van der Waals surface area contributed by atoms with Crippen LogP contribution in [0.1, 0.15) is 37.8 Å². The molecule has 1 fully saturated rings. The van der Waals surface area contributed by atoms with E-state index in [2.05, 4.69) is 64.7 Å². The molecular formula is C25H37N5O2. The van der Waals surface area contributed by atoms with Crippen molar-refractivity contribution in [3.05, 3.63) is 59.8 Å². The summed E-state index contributed by atoms with van der Waals surface area (Å²) in [6, 6.07) is 15.6. The van der Waals surface area contributed by atoms with Crippen molar-refractivity contribution in [1.29, 1.82) is 0 Å². The summed E-state index contributed by atoms with van der Waals surface area (Å²) in [5.74, 6) is 1.46. The van der Waals surface area contributed by atoms with E-state index in [-0.39, 0.29) is 0 Å². The Labute approximate surface area is 192 Å². The van der Waals surface area contributed by atoms with Crippen LogP contribution in [0.3, 0.4) is 0 Å². The second-order valence-electron chi connectivity index (χ2n) is 8.17. The number of likely N-dealkylation sites (tertiary alicyclic amines) is 1. The van der Waals surface area contributed by atoms with Gasteiger partial charge in [0.1, 0.15) is 6.61 Å². The van der Waals surface area contributed by atoms with Gasteiger partial charge in [-0.2, -0.15) is 0 Å². The average Bonchev–Trinajstić information content (AvgIpc) is 2.81. The van der Waals surface area contributed by atoms with Gasteiger partial charge in [-0.15, -0.1) is 0 Å². The topological polar surface area (TPSA) is 71.0 Å². The molecule has 174 valence electrons.